The van der Waals surface area contributed by atoms with Crippen LogP contribution < -0.4 is 10.6 Å². The number of urea groups is 1. The van der Waals surface area contributed by atoms with Crippen LogP contribution in [0.3, 0.4) is 0 Å². The molecule has 0 aliphatic carbocycles. The molecule has 0 bridgehead atoms. The van der Waals surface area contributed by atoms with E-state index in [0.717, 1.165) is 5.56 Å². The summed E-state index contributed by atoms with van der Waals surface area (Å²) in [6.07, 6.45) is 3.19. The molecule has 1 aliphatic rings. The van der Waals surface area contributed by atoms with E-state index in [0.29, 0.717) is 46.8 Å². The van der Waals surface area contributed by atoms with Crippen LogP contribution in [0.5, 0.6) is 0 Å². The van der Waals surface area contributed by atoms with E-state index in [2.05, 4.69) is 42.0 Å². The first-order valence-corrected chi connectivity index (χ1v) is 11.3. The van der Waals surface area contributed by atoms with Crippen LogP contribution >= 0.6 is 0 Å². The summed E-state index contributed by atoms with van der Waals surface area (Å²) in [5.41, 5.74) is 11.7. The first-order valence-electron chi connectivity index (χ1n) is 11.3. The highest BCUT2D eigenvalue weighted by atomic mass is 19.1. The molecule has 1 saturated heterocycles. The number of anilines is 2. The number of nitrogens with zero attached hydrogens (tertiary/aromatic N) is 5. The van der Waals surface area contributed by atoms with Crippen molar-refractivity contribution in [3.05, 3.63) is 71.4 Å². The van der Waals surface area contributed by atoms with Crippen LogP contribution in [0.1, 0.15) is 29.7 Å². The Bertz CT molecular complexity index is 1410. The second-order valence-electron chi connectivity index (χ2n) is 9.00. The SMILES string of the molecule is Cc1cc(C)cc(C(C)N2CCN(c3ccc(-c4cn(C)c5ncnc(N)c45)c(F)c3)C2=O)c1. The first-order chi connectivity index (χ1) is 16.2. The van der Waals surface area contributed by atoms with Gasteiger partial charge in [-0.15, -0.1) is 0 Å². The van der Waals surface area contributed by atoms with Gasteiger partial charge in [0.05, 0.1) is 11.4 Å². The quantitative estimate of drug-likeness (QED) is 0.468. The van der Waals surface area contributed by atoms with E-state index < -0.39 is 5.82 Å². The fourth-order valence-corrected chi connectivity index (χ4v) is 4.91. The van der Waals surface area contributed by atoms with E-state index in [1.165, 1.54) is 23.5 Å². The third-order valence-electron chi connectivity index (χ3n) is 6.57. The van der Waals surface area contributed by atoms with Crippen molar-refractivity contribution < 1.29 is 9.18 Å². The number of amides is 2. The molecule has 2 aromatic carbocycles. The average Bonchev–Trinajstić information content (AvgIpc) is 3.33. The predicted molar refractivity (Wildman–Crippen MR) is 132 cm³/mol. The zero-order chi connectivity index (χ0) is 24.1. The maximum Gasteiger partial charge on any atom is 0.325 e. The molecule has 7 nitrogen and oxygen atoms in total. The van der Waals surface area contributed by atoms with Crippen molar-refractivity contribution in [1.82, 2.24) is 19.4 Å². The number of fused-ring (bicyclic) bond motifs is 1. The van der Waals surface area contributed by atoms with Crippen LogP contribution in [-0.2, 0) is 7.05 Å². The minimum Gasteiger partial charge on any atom is -0.383 e. The lowest BCUT2D eigenvalue weighted by Crippen LogP contribution is -2.33. The zero-order valence-electron chi connectivity index (χ0n) is 19.7. The molecule has 1 unspecified atom stereocenters. The summed E-state index contributed by atoms with van der Waals surface area (Å²) >= 11 is 0. The molecule has 1 aliphatic heterocycles. The molecule has 4 aromatic rings. The first kappa shape index (κ1) is 21.9. The van der Waals surface area contributed by atoms with Gasteiger partial charge in [0.15, 0.2) is 0 Å². The summed E-state index contributed by atoms with van der Waals surface area (Å²) in [5.74, 6) is -0.128. The molecule has 0 spiro atoms. The molecular weight excluding hydrogens is 431 g/mol. The summed E-state index contributed by atoms with van der Waals surface area (Å²) in [5, 5.41) is 0.613. The highest BCUT2D eigenvalue weighted by molar-refractivity contribution is 6.01. The number of aromatic nitrogens is 3. The summed E-state index contributed by atoms with van der Waals surface area (Å²) in [6, 6.07) is 11.0. The van der Waals surface area contributed by atoms with Crippen molar-refractivity contribution in [3.63, 3.8) is 0 Å². The number of nitrogen functional groups attached to an aromatic ring is 1. The molecule has 0 saturated carbocycles. The van der Waals surface area contributed by atoms with Gasteiger partial charge in [0, 0.05) is 43.1 Å². The Labute approximate surface area is 197 Å². The molecule has 2 amide bonds. The minimum absolute atomic E-state index is 0.0705. The molecule has 34 heavy (non-hydrogen) atoms. The third kappa shape index (κ3) is 3.55. The van der Waals surface area contributed by atoms with Gasteiger partial charge in [-0.05, 0) is 44.5 Å². The lowest BCUT2D eigenvalue weighted by atomic mass is 10.0. The van der Waals surface area contributed by atoms with E-state index in [1.807, 2.05) is 18.9 Å². The highest BCUT2D eigenvalue weighted by Crippen LogP contribution is 2.36. The van der Waals surface area contributed by atoms with Gasteiger partial charge in [-0.2, -0.15) is 0 Å². The van der Waals surface area contributed by atoms with Crippen LogP contribution in [0.4, 0.5) is 20.7 Å². The van der Waals surface area contributed by atoms with Crippen LogP contribution in [-0.4, -0.2) is 38.6 Å². The van der Waals surface area contributed by atoms with E-state index >= 15 is 4.39 Å². The highest BCUT2D eigenvalue weighted by Gasteiger charge is 2.34. The molecule has 3 heterocycles. The van der Waals surface area contributed by atoms with Gasteiger partial charge in [0.2, 0.25) is 0 Å². The monoisotopic (exact) mass is 458 g/mol. The molecule has 1 fully saturated rings. The predicted octanol–water partition coefficient (Wildman–Crippen LogP) is 4.98. The van der Waals surface area contributed by atoms with E-state index in [9.17, 15) is 4.79 Å². The van der Waals surface area contributed by atoms with Crippen LogP contribution in [0, 0.1) is 19.7 Å². The number of carbonyl (C=O) groups excluding carboxylic acids is 1. The zero-order valence-corrected chi connectivity index (χ0v) is 19.7. The molecule has 2 aromatic heterocycles. The average molecular weight is 459 g/mol. The summed E-state index contributed by atoms with van der Waals surface area (Å²) in [7, 11) is 1.83. The van der Waals surface area contributed by atoms with Crippen molar-refractivity contribution in [2.45, 2.75) is 26.8 Å². The molecular formula is C26H27FN6O. The number of aryl methyl sites for hydroxylation is 3. The Morgan fingerprint density at radius 1 is 1.03 bits per heavy atom. The number of nitrogens with two attached hydrogens (primary N) is 1. The topological polar surface area (TPSA) is 80.3 Å². The second kappa shape index (κ2) is 8.13. The Morgan fingerprint density at radius 3 is 2.47 bits per heavy atom. The maximum atomic E-state index is 15.4. The van der Waals surface area contributed by atoms with Gasteiger partial charge in [0.1, 0.15) is 23.6 Å². The van der Waals surface area contributed by atoms with Gasteiger partial charge in [0.25, 0.3) is 0 Å². The molecule has 1 atom stereocenters. The summed E-state index contributed by atoms with van der Waals surface area (Å²) in [4.78, 5) is 25.1. The van der Waals surface area contributed by atoms with Crippen molar-refractivity contribution >= 4 is 28.6 Å². The smallest absolute Gasteiger partial charge is 0.325 e. The molecule has 8 heteroatoms. The molecule has 5 rings (SSSR count). The van der Waals surface area contributed by atoms with E-state index in [1.54, 1.807) is 27.8 Å². The lowest BCUT2D eigenvalue weighted by Gasteiger charge is -2.26. The van der Waals surface area contributed by atoms with E-state index in [-0.39, 0.29) is 12.1 Å². The number of rotatable bonds is 4. The van der Waals surface area contributed by atoms with Crippen LogP contribution in [0.25, 0.3) is 22.2 Å². The Hall–Kier alpha value is -3.94. The van der Waals surface area contributed by atoms with Crippen molar-refractivity contribution in [1.29, 1.82) is 0 Å². The maximum absolute atomic E-state index is 15.4. The number of carbonyl (C=O) groups is 1. The minimum atomic E-state index is -0.429. The number of hydrogen-bond acceptors (Lipinski definition) is 4. The van der Waals surface area contributed by atoms with Gasteiger partial charge >= 0.3 is 6.03 Å². The van der Waals surface area contributed by atoms with Gasteiger partial charge in [-0.1, -0.05) is 29.3 Å². The number of halogens is 1. The van der Waals surface area contributed by atoms with Gasteiger partial charge in [-0.25, -0.2) is 19.2 Å². The Kier molecular flexibility index (Phi) is 5.23. The summed E-state index contributed by atoms with van der Waals surface area (Å²) in [6.45, 7) is 7.23. The number of hydrogen-bond donors (Lipinski definition) is 1. The van der Waals surface area contributed by atoms with Crippen molar-refractivity contribution in [3.8, 4) is 11.1 Å². The Morgan fingerprint density at radius 2 is 1.76 bits per heavy atom. The molecule has 0 radical (unpaired) electrons. The Balaban J connectivity index is 1.44. The van der Waals surface area contributed by atoms with Gasteiger partial charge < -0.3 is 15.2 Å². The van der Waals surface area contributed by atoms with Crippen LogP contribution in [0.15, 0.2) is 48.9 Å². The normalized spacial score (nSPS) is 14.9. The molecule has 2 N–H and O–H groups in total. The largest absolute Gasteiger partial charge is 0.383 e. The fraction of sp³-hybridized carbons (Fsp3) is 0.269. The van der Waals surface area contributed by atoms with Crippen LogP contribution in [0.2, 0.25) is 0 Å². The summed E-state index contributed by atoms with van der Waals surface area (Å²) < 4.78 is 17.2. The van der Waals surface area contributed by atoms with Crippen molar-refractivity contribution in [2.24, 2.45) is 7.05 Å². The second-order valence-corrected chi connectivity index (χ2v) is 9.00. The van der Waals surface area contributed by atoms with E-state index in [4.69, 9.17) is 5.73 Å². The standard InChI is InChI=1S/C26H27FN6O/c1-15-9-16(2)11-18(10-15)17(3)32-7-8-33(26(32)34)19-5-6-20(22(27)12-19)21-13-31(4)25-23(21)24(28)29-14-30-25/h5-6,9-14,17H,7-8H2,1-4H3,(H2,28,29,30). The number of benzene rings is 2. The molecule has 174 valence electrons. The van der Waals surface area contributed by atoms with Gasteiger partial charge in [-0.3, -0.25) is 4.90 Å². The van der Waals surface area contributed by atoms with Crippen molar-refractivity contribution in [2.75, 3.05) is 23.7 Å². The third-order valence-corrected chi connectivity index (χ3v) is 6.57. The fourth-order valence-electron chi connectivity index (χ4n) is 4.91. The lowest BCUT2D eigenvalue weighted by molar-refractivity contribution is 0.205.